The van der Waals surface area contributed by atoms with E-state index in [-0.39, 0.29) is 16.7 Å². The number of thiazole rings is 1. The van der Waals surface area contributed by atoms with Crippen molar-refractivity contribution in [2.75, 3.05) is 24.8 Å². The van der Waals surface area contributed by atoms with Crippen molar-refractivity contribution in [2.45, 2.75) is 56.8 Å². The van der Waals surface area contributed by atoms with E-state index in [0.29, 0.717) is 23.4 Å². The maximum Gasteiger partial charge on any atom is 0.233 e. The monoisotopic (exact) mass is 450 g/mol. The van der Waals surface area contributed by atoms with Crippen LogP contribution in [-0.2, 0) is 19.4 Å². The third-order valence-electron chi connectivity index (χ3n) is 5.52. The molecule has 1 aromatic heterocycles. The maximum atomic E-state index is 13.3. The number of hydrogen-bond donors (Lipinski definition) is 1. The molecule has 0 aliphatic carbocycles. The predicted molar refractivity (Wildman–Crippen MR) is 120 cm³/mol. The molecule has 164 valence electrons. The standard InChI is InChI=1S/C22H30N2O4S2/c1-14(2)20-15(3)23-22(29-20)24-21(25)19(13-16-9-11-28-12-10-16)17-5-7-18(8-6-17)30(4,26)27/h5-8,14,16,19H,9-13H2,1-4H3,(H,23,24,25). The van der Waals surface area contributed by atoms with Gasteiger partial charge in [0.05, 0.1) is 16.5 Å². The lowest BCUT2D eigenvalue weighted by molar-refractivity contribution is -0.118. The number of carbonyl (C=O) groups is 1. The van der Waals surface area contributed by atoms with Gasteiger partial charge in [-0.15, -0.1) is 11.3 Å². The number of anilines is 1. The summed E-state index contributed by atoms with van der Waals surface area (Å²) in [7, 11) is -3.28. The van der Waals surface area contributed by atoms with Gasteiger partial charge < -0.3 is 10.1 Å². The van der Waals surface area contributed by atoms with E-state index < -0.39 is 9.84 Å². The Labute approximate surface area is 183 Å². The minimum atomic E-state index is -3.28. The third-order valence-corrected chi connectivity index (χ3v) is 8.03. The fourth-order valence-electron chi connectivity index (χ4n) is 3.85. The molecule has 0 radical (unpaired) electrons. The number of carbonyl (C=O) groups excluding carboxylic acids is 1. The van der Waals surface area contributed by atoms with E-state index in [1.54, 1.807) is 24.3 Å². The number of sulfone groups is 1. The zero-order valence-electron chi connectivity index (χ0n) is 18.0. The molecule has 1 aromatic carbocycles. The zero-order chi connectivity index (χ0) is 21.9. The van der Waals surface area contributed by atoms with Crippen molar-refractivity contribution < 1.29 is 17.9 Å². The molecule has 0 bridgehead atoms. The van der Waals surface area contributed by atoms with Gasteiger partial charge in [-0.3, -0.25) is 4.79 Å². The van der Waals surface area contributed by atoms with Crippen LogP contribution >= 0.6 is 11.3 Å². The number of ether oxygens (including phenoxy) is 1. The molecule has 1 aliphatic rings. The van der Waals surface area contributed by atoms with Crippen molar-refractivity contribution in [2.24, 2.45) is 5.92 Å². The van der Waals surface area contributed by atoms with Crippen molar-refractivity contribution in [3.8, 4) is 0 Å². The van der Waals surface area contributed by atoms with E-state index in [1.807, 2.05) is 6.92 Å². The first-order chi connectivity index (χ1) is 14.1. The number of benzene rings is 1. The highest BCUT2D eigenvalue weighted by molar-refractivity contribution is 7.90. The highest BCUT2D eigenvalue weighted by Crippen LogP contribution is 2.33. The van der Waals surface area contributed by atoms with E-state index in [2.05, 4.69) is 24.1 Å². The minimum Gasteiger partial charge on any atom is -0.381 e. The average molecular weight is 451 g/mol. The van der Waals surface area contributed by atoms with Gasteiger partial charge in [0, 0.05) is 24.3 Å². The van der Waals surface area contributed by atoms with Crippen molar-refractivity contribution in [3.05, 3.63) is 40.4 Å². The Bertz CT molecular complexity index is 975. The minimum absolute atomic E-state index is 0.0994. The SMILES string of the molecule is Cc1nc(NC(=O)C(CC2CCOCC2)c2ccc(S(C)(=O)=O)cc2)sc1C(C)C. The molecule has 1 N–H and O–H groups in total. The number of nitrogens with zero attached hydrogens (tertiary/aromatic N) is 1. The van der Waals surface area contributed by atoms with Crippen LogP contribution in [0.15, 0.2) is 29.2 Å². The van der Waals surface area contributed by atoms with Gasteiger partial charge >= 0.3 is 0 Å². The summed E-state index contributed by atoms with van der Waals surface area (Å²) in [5.41, 5.74) is 1.77. The first-order valence-corrected chi connectivity index (χ1v) is 13.0. The Morgan fingerprint density at radius 1 is 1.23 bits per heavy atom. The molecule has 3 rings (SSSR count). The van der Waals surface area contributed by atoms with E-state index in [4.69, 9.17) is 4.74 Å². The molecule has 6 nitrogen and oxygen atoms in total. The first-order valence-electron chi connectivity index (χ1n) is 10.3. The van der Waals surface area contributed by atoms with Crippen molar-refractivity contribution >= 4 is 32.2 Å². The summed E-state index contributed by atoms with van der Waals surface area (Å²) >= 11 is 1.52. The molecule has 1 atom stereocenters. The van der Waals surface area contributed by atoms with Gasteiger partial charge in [0.2, 0.25) is 5.91 Å². The number of amides is 1. The molecule has 1 amide bonds. The van der Waals surface area contributed by atoms with Gasteiger partial charge in [0.15, 0.2) is 15.0 Å². The topological polar surface area (TPSA) is 85.4 Å². The zero-order valence-corrected chi connectivity index (χ0v) is 19.6. The van der Waals surface area contributed by atoms with Crippen LogP contribution in [0.25, 0.3) is 0 Å². The molecule has 30 heavy (non-hydrogen) atoms. The van der Waals surface area contributed by atoms with Crippen LogP contribution in [-0.4, -0.2) is 38.8 Å². The smallest absolute Gasteiger partial charge is 0.233 e. The fraction of sp³-hybridized carbons (Fsp3) is 0.545. The second-order valence-corrected chi connectivity index (χ2v) is 11.3. The summed E-state index contributed by atoms with van der Waals surface area (Å²) in [5, 5.41) is 3.63. The fourth-order valence-corrected chi connectivity index (χ4v) is 5.45. The molecule has 0 saturated carbocycles. The summed E-state index contributed by atoms with van der Waals surface area (Å²) in [6, 6.07) is 6.68. The number of aromatic nitrogens is 1. The summed E-state index contributed by atoms with van der Waals surface area (Å²) in [4.78, 5) is 19.2. The predicted octanol–water partition coefficient (Wildman–Crippen LogP) is 4.52. The Balaban J connectivity index is 1.84. The second-order valence-electron chi connectivity index (χ2n) is 8.30. The highest BCUT2D eigenvalue weighted by atomic mass is 32.2. The Morgan fingerprint density at radius 2 is 1.87 bits per heavy atom. The number of aryl methyl sites for hydroxylation is 1. The van der Waals surface area contributed by atoms with Gasteiger partial charge in [-0.25, -0.2) is 13.4 Å². The Hall–Kier alpha value is -1.77. The highest BCUT2D eigenvalue weighted by Gasteiger charge is 2.27. The first kappa shape index (κ1) is 22.9. The largest absolute Gasteiger partial charge is 0.381 e. The maximum absolute atomic E-state index is 13.3. The summed E-state index contributed by atoms with van der Waals surface area (Å²) in [5.74, 6) is 0.286. The molecule has 1 fully saturated rings. The van der Waals surface area contributed by atoms with Crippen LogP contribution in [0.1, 0.15) is 61.1 Å². The van der Waals surface area contributed by atoms with Crippen LogP contribution in [0, 0.1) is 12.8 Å². The number of rotatable bonds is 7. The molecule has 2 heterocycles. The van der Waals surface area contributed by atoms with Crippen LogP contribution in [0.2, 0.25) is 0 Å². The van der Waals surface area contributed by atoms with Gasteiger partial charge in [-0.1, -0.05) is 26.0 Å². The van der Waals surface area contributed by atoms with Gasteiger partial charge in [0.25, 0.3) is 0 Å². The van der Waals surface area contributed by atoms with Gasteiger partial charge in [0.1, 0.15) is 0 Å². The quantitative estimate of drug-likeness (QED) is 0.670. The van der Waals surface area contributed by atoms with Crippen LogP contribution in [0.3, 0.4) is 0 Å². The van der Waals surface area contributed by atoms with Crippen LogP contribution in [0.5, 0.6) is 0 Å². The third kappa shape index (κ3) is 5.68. The molecule has 8 heteroatoms. The number of nitrogens with one attached hydrogen (secondary N) is 1. The Kier molecular flexibility index (Phi) is 7.31. The van der Waals surface area contributed by atoms with Crippen LogP contribution in [0.4, 0.5) is 5.13 Å². The van der Waals surface area contributed by atoms with Crippen molar-refractivity contribution in [3.63, 3.8) is 0 Å². The van der Waals surface area contributed by atoms with Gasteiger partial charge in [-0.2, -0.15) is 0 Å². The Morgan fingerprint density at radius 3 is 2.40 bits per heavy atom. The number of hydrogen-bond acceptors (Lipinski definition) is 6. The molecular weight excluding hydrogens is 420 g/mol. The molecule has 2 aromatic rings. The summed E-state index contributed by atoms with van der Waals surface area (Å²) in [6.07, 6.45) is 3.75. The van der Waals surface area contributed by atoms with Crippen LogP contribution < -0.4 is 5.32 Å². The van der Waals surface area contributed by atoms with Gasteiger partial charge in [-0.05, 0) is 55.7 Å². The van der Waals surface area contributed by atoms with E-state index in [0.717, 1.165) is 37.3 Å². The molecule has 1 aliphatic heterocycles. The average Bonchev–Trinajstić information content (AvgIpc) is 3.06. The summed E-state index contributed by atoms with van der Waals surface area (Å²) < 4.78 is 29.0. The molecule has 1 unspecified atom stereocenters. The lowest BCUT2D eigenvalue weighted by Crippen LogP contribution is -2.26. The molecular formula is C22H30N2O4S2. The lowest BCUT2D eigenvalue weighted by atomic mass is 9.84. The molecule has 0 spiro atoms. The summed E-state index contributed by atoms with van der Waals surface area (Å²) in [6.45, 7) is 7.63. The van der Waals surface area contributed by atoms with Crippen molar-refractivity contribution in [1.29, 1.82) is 0 Å². The second kappa shape index (κ2) is 9.58. The van der Waals surface area contributed by atoms with E-state index in [9.17, 15) is 13.2 Å². The van der Waals surface area contributed by atoms with E-state index in [1.165, 1.54) is 22.5 Å². The normalized spacial score (nSPS) is 16.6. The van der Waals surface area contributed by atoms with E-state index >= 15 is 0 Å². The lowest BCUT2D eigenvalue weighted by Gasteiger charge is -2.26. The van der Waals surface area contributed by atoms with Crippen molar-refractivity contribution in [1.82, 2.24) is 4.98 Å². The molecule has 1 saturated heterocycles.